The van der Waals surface area contributed by atoms with Crippen LogP contribution >= 0.6 is 0 Å². The van der Waals surface area contributed by atoms with Gasteiger partial charge in [-0.25, -0.2) is 4.79 Å². The molecule has 0 radical (unpaired) electrons. The van der Waals surface area contributed by atoms with E-state index in [1.807, 2.05) is 54.6 Å². The molecule has 2 N–H and O–H groups in total. The molecule has 8 nitrogen and oxygen atoms in total. The van der Waals surface area contributed by atoms with Crippen molar-refractivity contribution in [2.24, 2.45) is 0 Å². The first-order valence-electron chi connectivity index (χ1n) is 11.7. The molecule has 0 spiro atoms. The predicted molar refractivity (Wildman–Crippen MR) is 126 cm³/mol. The number of rotatable bonds is 9. The van der Waals surface area contributed by atoms with Gasteiger partial charge >= 0.3 is 6.03 Å². The Labute approximate surface area is 199 Å². The van der Waals surface area contributed by atoms with E-state index in [4.69, 9.17) is 9.47 Å². The van der Waals surface area contributed by atoms with Crippen molar-refractivity contribution >= 4 is 17.8 Å². The Morgan fingerprint density at radius 3 is 2.50 bits per heavy atom. The summed E-state index contributed by atoms with van der Waals surface area (Å²) in [6, 6.07) is 16.3. The van der Waals surface area contributed by atoms with Crippen LogP contribution in [0.15, 0.2) is 54.6 Å². The van der Waals surface area contributed by atoms with Crippen molar-refractivity contribution in [3.63, 3.8) is 0 Å². The summed E-state index contributed by atoms with van der Waals surface area (Å²) < 4.78 is 10.9. The second-order valence-electron chi connectivity index (χ2n) is 8.85. The third kappa shape index (κ3) is 5.39. The zero-order chi connectivity index (χ0) is 24.0. The van der Waals surface area contributed by atoms with Crippen LogP contribution in [0.25, 0.3) is 0 Å². The average molecular weight is 466 g/mol. The number of carbonyl (C=O) groups excluding carboxylic acids is 3. The maximum absolute atomic E-state index is 13.1. The summed E-state index contributed by atoms with van der Waals surface area (Å²) in [5.74, 6) is 0.329. The second kappa shape index (κ2) is 10.7. The van der Waals surface area contributed by atoms with Gasteiger partial charge in [0.05, 0.1) is 7.11 Å². The van der Waals surface area contributed by atoms with Gasteiger partial charge in [-0.1, -0.05) is 42.5 Å². The number of methoxy groups -OCH3 is 1. The molecule has 0 aromatic heterocycles. The molecule has 0 unspecified atom stereocenters. The minimum Gasteiger partial charge on any atom is -0.497 e. The number of hydrogen-bond donors (Lipinski definition) is 2. The Kier molecular flexibility index (Phi) is 7.47. The maximum atomic E-state index is 13.1. The summed E-state index contributed by atoms with van der Waals surface area (Å²) >= 11 is 0. The highest BCUT2D eigenvalue weighted by Crippen LogP contribution is 2.37. The molecule has 1 atom stereocenters. The first-order valence-corrected chi connectivity index (χ1v) is 11.7. The topological polar surface area (TPSA) is 97.0 Å². The fourth-order valence-electron chi connectivity index (χ4n) is 4.63. The lowest BCUT2D eigenvalue weighted by Gasteiger charge is -2.39. The molecule has 180 valence electrons. The fourth-order valence-corrected chi connectivity index (χ4v) is 4.63. The minimum absolute atomic E-state index is 0.150. The number of urea groups is 1. The largest absolute Gasteiger partial charge is 0.497 e. The molecule has 2 saturated heterocycles. The van der Waals surface area contributed by atoms with Gasteiger partial charge in [-0.2, -0.15) is 0 Å². The van der Waals surface area contributed by atoms with Crippen molar-refractivity contribution in [3.05, 3.63) is 65.7 Å². The molecule has 4 rings (SSSR count). The van der Waals surface area contributed by atoms with E-state index < -0.39 is 12.1 Å². The van der Waals surface area contributed by atoms with Gasteiger partial charge in [-0.3, -0.25) is 14.5 Å². The van der Waals surface area contributed by atoms with E-state index >= 15 is 0 Å². The molecular formula is C26H31N3O5. The Hall–Kier alpha value is -3.39. The third-order valence-electron chi connectivity index (χ3n) is 6.71. The maximum Gasteiger partial charge on any atom is 0.324 e. The predicted octanol–water partition coefficient (Wildman–Crippen LogP) is 2.76. The van der Waals surface area contributed by atoms with Gasteiger partial charge in [0.25, 0.3) is 5.91 Å². The highest BCUT2D eigenvalue weighted by atomic mass is 16.5. The van der Waals surface area contributed by atoms with Gasteiger partial charge in [-0.05, 0) is 42.5 Å². The third-order valence-corrected chi connectivity index (χ3v) is 6.71. The van der Waals surface area contributed by atoms with Gasteiger partial charge in [0.2, 0.25) is 5.91 Å². The minimum atomic E-state index is -0.692. The van der Waals surface area contributed by atoms with Gasteiger partial charge in [-0.15, -0.1) is 0 Å². The molecule has 0 bridgehead atoms. The standard InChI is InChI=1S/C26H31N3O5/c1-33-21-9-7-20(8-10-21)26(13-15-34-16-14-26)18-29-24(31)22(28-25(29)32)11-12-23(30)27-17-19-5-3-2-4-6-19/h2-10,22H,11-18H2,1H3,(H,27,30)(H,28,32)/t22-/m1/s1. The van der Waals surface area contributed by atoms with Gasteiger partial charge in [0, 0.05) is 38.1 Å². The molecule has 2 fully saturated rings. The van der Waals surface area contributed by atoms with E-state index in [2.05, 4.69) is 10.6 Å². The van der Waals surface area contributed by atoms with Crippen LogP contribution in [0.5, 0.6) is 5.75 Å². The van der Waals surface area contributed by atoms with E-state index in [0.717, 1.165) is 16.9 Å². The zero-order valence-electron chi connectivity index (χ0n) is 19.4. The first-order chi connectivity index (χ1) is 16.5. The summed E-state index contributed by atoms with van der Waals surface area (Å²) in [7, 11) is 1.62. The van der Waals surface area contributed by atoms with E-state index in [-0.39, 0.29) is 36.6 Å². The highest BCUT2D eigenvalue weighted by Gasteiger charge is 2.44. The van der Waals surface area contributed by atoms with E-state index in [1.54, 1.807) is 7.11 Å². The molecule has 0 aliphatic carbocycles. The lowest BCUT2D eigenvalue weighted by Crippen LogP contribution is -2.47. The summed E-state index contributed by atoms with van der Waals surface area (Å²) in [4.78, 5) is 39.4. The molecule has 2 aromatic carbocycles. The summed E-state index contributed by atoms with van der Waals surface area (Å²) in [5, 5.41) is 5.63. The average Bonchev–Trinajstić information content (AvgIpc) is 3.14. The zero-order valence-corrected chi connectivity index (χ0v) is 19.4. The molecule has 2 heterocycles. The second-order valence-corrected chi connectivity index (χ2v) is 8.85. The van der Waals surface area contributed by atoms with Crippen LogP contribution in [0, 0.1) is 0 Å². The van der Waals surface area contributed by atoms with Crippen molar-refractivity contribution in [2.75, 3.05) is 26.9 Å². The molecule has 0 saturated carbocycles. The number of nitrogens with zero attached hydrogens (tertiary/aromatic N) is 1. The van der Waals surface area contributed by atoms with E-state index in [9.17, 15) is 14.4 Å². The smallest absolute Gasteiger partial charge is 0.324 e. The fraction of sp³-hybridized carbons (Fsp3) is 0.423. The molecule has 8 heteroatoms. The van der Waals surface area contributed by atoms with Crippen molar-refractivity contribution in [1.29, 1.82) is 0 Å². The summed E-state index contributed by atoms with van der Waals surface area (Å²) in [6.07, 6.45) is 1.85. The highest BCUT2D eigenvalue weighted by molar-refractivity contribution is 6.04. The lowest BCUT2D eigenvalue weighted by atomic mass is 9.73. The Bertz CT molecular complexity index is 1000. The molecular weight excluding hydrogens is 434 g/mol. The quantitative estimate of drug-likeness (QED) is 0.555. The van der Waals surface area contributed by atoms with Crippen LogP contribution in [0.2, 0.25) is 0 Å². The van der Waals surface area contributed by atoms with Gasteiger partial charge < -0.3 is 20.1 Å². The number of benzene rings is 2. The molecule has 2 aliphatic heterocycles. The van der Waals surface area contributed by atoms with Crippen molar-refractivity contribution in [2.45, 2.75) is 43.7 Å². The van der Waals surface area contributed by atoms with Crippen LogP contribution < -0.4 is 15.4 Å². The summed E-state index contributed by atoms with van der Waals surface area (Å²) in [6.45, 7) is 1.86. The van der Waals surface area contributed by atoms with Crippen molar-refractivity contribution in [3.8, 4) is 5.75 Å². The van der Waals surface area contributed by atoms with Gasteiger partial charge in [0.15, 0.2) is 0 Å². The van der Waals surface area contributed by atoms with Gasteiger partial charge in [0.1, 0.15) is 11.8 Å². The van der Waals surface area contributed by atoms with Crippen molar-refractivity contribution in [1.82, 2.24) is 15.5 Å². The van der Waals surface area contributed by atoms with E-state index in [1.165, 1.54) is 4.90 Å². The lowest BCUT2D eigenvalue weighted by molar-refractivity contribution is -0.129. The normalized spacial score (nSPS) is 19.6. The monoisotopic (exact) mass is 465 g/mol. The Morgan fingerprint density at radius 1 is 1.12 bits per heavy atom. The van der Waals surface area contributed by atoms with Crippen LogP contribution in [0.4, 0.5) is 4.79 Å². The van der Waals surface area contributed by atoms with E-state index in [0.29, 0.717) is 32.6 Å². The molecule has 2 aromatic rings. The molecule has 4 amide bonds. The Morgan fingerprint density at radius 2 is 1.82 bits per heavy atom. The van der Waals surface area contributed by atoms with Crippen molar-refractivity contribution < 1.29 is 23.9 Å². The number of amides is 4. The van der Waals surface area contributed by atoms with Crippen LogP contribution in [-0.4, -0.2) is 55.7 Å². The first kappa shape index (κ1) is 23.8. The molecule has 34 heavy (non-hydrogen) atoms. The number of ether oxygens (including phenoxy) is 2. The number of imide groups is 1. The Balaban J connectivity index is 1.37. The summed E-state index contributed by atoms with van der Waals surface area (Å²) in [5.41, 5.74) is 1.69. The number of nitrogens with one attached hydrogen (secondary N) is 2. The number of hydrogen-bond acceptors (Lipinski definition) is 5. The number of carbonyl (C=O) groups is 3. The SMILES string of the molecule is COc1ccc(C2(CN3C(=O)N[C@H](CCC(=O)NCc4ccccc4)C3=O)CCOCC2)cc1. The molecule has 2 aliphatic rings. The van der Waals surface area contributed by atoms with Crippen LogP contribution in [0.3, 0.4) is 0 Å². The van der Waals surface area contributed by atoms with Crippen LogP contribution in [0.1, 0.15) is 36.8 Å². The van der Waals surface area contributed by atoms with Crippen LogP contribution in [-0.2, 0) is 26.3 Å².